The molecule has 0 fully saturated rings. The molecule has 1 unspecified atom stereocenters. The lowest BCUT2D eigenvalue weighted by Gasteiger charge is -2.14. The molecule has 0 aliphatic heterocycles. The van der Waals surface area contributed by atoms with Gasteiger partial charge in [-0.05, 0) is 19.4 Å². The second kappa shape index (κ2) is 5.75. The Morgan fingerprint density at radius 2 is 2.13 bits per heavy atom. The van der Waals surface area contributed by atoms with Crippen LogP contribution in [-0.4, -0.2) is 29.0 Å². The molecule has 1 heterocycles. The SMILES string of the molecule is CC(C)CNCC(C)Oc1cnn(C)c1. The van der Waals surface area contributed by atoms with Crippen molar-refractivity contribution >= 4 is 0 Å². The molecule has 0 aromatic carbocycles. The molecule has 1 aromatic heterocycles. The maximum Gasteiger partial charge on any atom is 0.157 e. The van der Waals surface area contributed by atoms with Gasteiger partial charge in [0.25, 0.3) is 0 Å². The number of nitrogens with zero attached hydrogens (tertiary/aromatic N) is 2. The van der Waals surface area contributed by atoms with Crippen LogP contribution in [0.15, 0.2) is 12.4 Å². The number of aromatic nitrogens is 2. The zero-order chi connectivity index (χ0) is 11.3. The first-order chi connectivity index (χ1) is 7.08. The Bertz CT molecular complexity index is 283. The molecule has 0 bridgehead atoms. The highest BCUT2D eigenvalue weighted by molar-refractivity contribution is 5.11. The van der Waals surface area contributed by atoms with E-state index in [0.29, 0.717) is 5.92 Å². The summed E-state index contributed by atoms with van der Waals surface area (Å²) in [5.74, 6) is 1.51. The summed E-state index contributed by atoms with van der Waals surface area (Å²) in [4.78, 5) is 0. The van der Waals surface area contributed by atoms with Crippen molar-refractivity contribution in [3.05, 3.63) is 12.4 Å². The van der Waals surface area contributed by atoms with E-state index in [0.717, 1.165) is 18.8 Å². The summed E-state index contributed by atoms with van der Waals surface area (Å²) >= 11 is 0. The molecule has 0 aliphatic carbocycles. The first-order valence-corrected chi connectivity index (χ1v) is 5.44. The summed E-state index contributed by atoms with van der Waals surface area (Å²) in [5.41, 5.74) is 0. The molecule has 0 saturated heterocycles. The van der Waals surface area contributed by atoms with E-state index in [1.54, 1.807) is 10.9 Å². The summed E-state index contributed by atoms with van der Waals surface area (Å²) in [6.45, 7) is 8.34. The number of ether oxygens (including phenoxy) is 1. The van der Waals surface area contributed by atoms with E-state index >= 15 is 0 Å². The van der Waals surface area contributed by atoms with Crippen LogP contribution in [0.1, 0.15) is 20.8 Å². The highest BCUT2D eigenvalue weighted by atomic mass is 16.5. The van der Waals surface area contributed by atoms with Gasteiger partial charge in [-0.15, -0.1) is 0 Å². The molecule has 0 saturated carbocycles. The van der Waals surface area contributed by atoms with Gasteiger partial charge >= 0.3 is 0 Å². The predicted molar refractivity (Wildman–Crippen MR) is 61.0 cm³/mol. The monoisotopic (exact) mass is 211 g/mol. The van der Waals surface area contributed by atoms with Gasteiger partial charge in [0, 0.05) is 13.6 Å². The Morgan fingerprint density at radius 3 is 2.67 bits per heavy atom. The lowest BCUT2D eigenvalue weighted by Crippen LogP contribution is -2.31. The summed E-state index contributed by atoms with van der Waals surface area (Å²) in [6, 6.07) is 0. The molecule has 1 atom stereocenters. The first-order valence-electron chi connectivity index (χ1n) is 5.44. The standard InChI is InChI=1S/C11H21N3O/c1-9(2)5-12-6-10(3)15-11-7-13-14(4)8-11/h7-10,12H,5-6H2,1-4H3. The Kier molecular flexibility index (Phi) is 4.62. The van der Waals surface area contributed by atoms with Crippen LogP contribution in [0.5, 0.6) is 5.75 Å². The second-order valence-electron chi connectivity index (χ2n) is 4.33. The summed E-state index contributed by atoms with van der Waals surface area (Å²) in [5, 5.41) is 7.41. The van der Waals surface area contributed by atoms with E-state index < -0.39 is 0 Å². The fourth-order valence-corrected chi connectivity index (χ4v) is 1.31. The summed E-state index contributed by atoms with van der Waals surface area (Å²) in [7, 11) is 1.88. The van der Waals surface area contributed by atoms with E-state index in [9.17, 15) is 0 Å². The van der Waals surface area contributed by atoms with E-state index in [2.05, 4.69) is 31.2 Å². The van der Waals surface area contributed by atoms with Gasteiger partial charge in [0.1, 0.15) is 6.10 Å². The quantitative estimate of drug-likeness (QED) is 0.773. The highest BCUT2D eigenvalue weighted by Crippen LogP contribution is 2.09. The molecule has 1 aromatic rings. The molecule has 0 radical (unpaired) electrons. The smallest absolute Gasteiger partial charge is 0.157 e. The van der Waals surface area contributed by atoms with Crippen molar-refractivity contribution in [2.24, 2.45) is 13.0 Å². The Hall–Kier alpha value is -1.03. The fourth-order valence-electron chi connectivity index (χ4n) is 1.31. The molecule has 0 amide bonds. The van der Waals surface area contributed by atoms with Crippen molar-refractivity contribution in [2.75, 3.05) is 13.1 Å². The zero-order valence-electron chi connectivity index (χ0n) is 10.0. The summed E-state index contributed by atoms with van der Waals surface area (Å²) in [6.07, 6.45) is 3.78. The minimum absolute atomic E-state index is 0.174. The Balaban J connectivity index is 2.21. The van der Waals surface area contributed by atoms with Crippen LogP contribution >= 0.6 is 0 Å². The number of rotatable bonds is 6. The van der Waals surface area contributed by atoms with Crippen LogP contribution in [0.3, 0.4) is 0 Å². The van der Waals surface area contributed by atoms with Gasteiger partial charge in [-0.3, -0.25) is 4.68 Å². The van der Waals surface area contributed by atoms with Gasteiger partial charge in [-0.2, -0.15) is 5.10 Å². The van der Waals surface area contributed by atoms with E-state index in [-0.39, 0.29) is 6.10 Å². The third-order valence-corrected chi connectivity index (χ3v) is 2.00. The zero-order valence-corrected chi connectivity index (χ0v) is 10.0. The average Bonchev–Trinajstić information content (AvgIpc) is 2.50. The molecule has 4 nitrogen and oxygen atoms in total. The lowest BCUT2D eigenvalue weighted by atomic mass is 10.2. The Labute approximate surface area is 91.6 Å². The van der Waals surface area contributed by atoms with Crippen LogP contribution < -0.4 is 10.1 Å². The maximum absolute atomic E-state index is 5.67. The lowest BCUT2D eigenvalue weighted by molar-refractivity contribution is 0.215. The van der Waals surface area contributed by atoms with Crippen LogP contribution in [0.25, 0.3) is 0 Å². The minimum atomic E-state index is 0.174. The third kappa shape index (κ3) is 4.83. The molecule has 15 heavy (non-hydrogen) atoms. The average molecular weight is 211 g/mol. The van der Waals surface area contributed by atoms with Crippen molar-refractivity contribution in [1.82, 2.24) is 15.1 Å². The van der Waals surface area contributed by atoms with E-state index in [1.165, 1.54) is 0 Å². The van der Waals surface area contributed by atoms with Gasteiger partial charge in [0.05, 0.1) is 12.4 Å². The second-order valence-corrected chi connectivity index (χ2v) is 4.33. The first kappa shape index (κ1) is 12.0. The van der Waals surface area contributed by atoms with Crippen molar-refractivity contribution < 1.29 is 4.74 Å². The third-order valence-electron chi connectivity index (χ3n) is 2.00. The van der Waals surface area contributed by atoms with Crippen LogP contribution in [0, 0.1) is 5.92 Å². The van der Waals surface area contributed by atoms with Crippen molar-refractivity contribution in [3.63, 3.8) is 0 Å². The summed E-state index contributed by atoms with van der Waals surface area (Å²) < 4.78 is 7.41. The molecule has 0 aliphatic rings. The van der Waals surface area contributed by atoms with Gasteiger partial charge in [-0.25, -0.2) is 0 Å². The van der Waals surface area contributed by atoms with Crippen molar-refractivity contribution in [2.45, 2.75) is 26.9 Å². The van der Waals surface area contributed by atoms with Crippen LogP contribution in [-0.2, 0) is 7.05 Å². The van der Waals surface area contributed by atoms with E-state index in [4.69, 9.17) is 4.74 Å². The van der Waals surface area contributed by atoms with Gasteiger partial charge in [0.15, 0.2) is 5.75 Å². The number of hydrogen-bond acceptors (Lipinski definition) is 3. The van der Waals surface area contributed by atoms with Crippen molar-refractivity contribution in [3.8, 4) is 5.75 Å². The molecule has 86 valence electrons. The van der Waals surface area contributed by atoms with Gasteiger partial charge in [-0.1, -0.05) is 13.8 Å². The minimum Gasteiger partial charge on any atom is -0.486 e. The molecule has 1 N–H and O–H groups in total. The molecule has 0 spiro atoms. The fraction of sp³-hybridized carbons (Fsp3) is 0.727. The van der Waals surface area contributed by atoms with Crippen LogP contribution in [0.2, 0.25) is 0 Å². The molecular formula is C11H21N3O. The number of nitrogens with one attached hydrogen (secondary N) is 1. The maximum atomic E-state index is 5.67. The highest BCUT2D eigenvalue weighted by Gasteiger charge is 2.05. The predicted octanol–water partition coefficient (Wildman–Crippen LogP) is 1.43. The van der Waals surface area contributed by atoms with Gasteiger partial charge in [0.2, 0.25) is 0 Å². The number of hydrogen-bond donors (Lipinski definition) is 1. The topological polar surface area (TPSA) is 39.1 Å². The van der Waals surface area contributed by atoms with Crippen molar-refractivity contribution in [1.29, 1.82) is 0 Å². The molecular weight excluding hydrogens is 190 g/mol. The van der Waals surface area contributed by atoms with E-state index in [1.807, 2.05) is 13.2 Å². The number of aryl methyl sites for hydroxylation is 1. The normalized spacial score (nSPS) is 13.1. The molecule has 1 rings (SSSR count). The molecule has 4 heteroatoms. The van der Waals surface area contributed by atoms with Gasteiger partial charge < -0.3 is 10.1 Å². The Morgan fingerprint density at radius 1 is 1.40 bits per heavy atom. The van der Waals surface area contributed by atoms with Crippen LogP contribution in [0.4, 0.5) is 0 Å². The largest absolute Gasteiger partial charge is 0.486 e.